The molecule has 1 aromatic heterocycles. The van der Waals surface area contributed by atoms with Crippen molar-refractivity contribution in [3.63, 3.8) is 0 Å². The van der Waals surface area contributed by atoms with E-state index in [1.54, 1.807) is 4.90 Å². The highest BCUT2D eigenvalue weighted by Crippen LogP contribution is 2.44. The number of benzene rings is 1. The smallest absolute Gasteiger partial charge is 0.255 e. The number of pyridine rings is 1. The zero-order valence-corrected chi connectivity index (χ0v) is 19.9. The molecule has 1 aliphatic carbocycles. The summed E-state index contributed by atoms with van der Waals surface area (Å²) in [6.07, 6.45) is 4.21. The van der Waals surface area contributed by atoms with Gasteiger partial charge in [-0.2, -0.15) is 0 Å². The number of hydrogen-bond acceptors (Lipinski definition) is 6. The Morgan fingerprint density at radius 2 is 1.89 bits per heavy atom. The Kier molecular flexibility index (Phi) is 5.27. The largest absolute Gasteiger partial charge is 0.390 e. The van der Waals surface area contributed by atoms with E-state index in [-0.39, 0.29) is 18.2 Å². The minimum atomic E-state index is -0.610. The summed E-state index contributed by atoms with van der Waals surface area (Å²) in [6.45, 7) is 5.22. The SMILES string of the molecule is CC1(O)CC2CN(Cc3ccnc(-c4ccc5c(c4)CN([C@@H]4CCC(=O)NC4=O)C5=O)c3)CC2C1. The molecular formula is C27H30N4O4. The van der Waals surface area contributed by atoms with Crippen molar-refractivity contribution in [3.8, 4) is 11.3 Å². The van der Waals surface area contributed by atoms with E-state index in [4.69, 9.17) is 0 Å². The van der Waals surface area contributed by atoms with Crippen LogP contribution in [0.1, 0.15) is 54.1 Å². The summed E-state index contributed by atoms with van der Waals surface area (Å²) in [7, 11) is 0. The third-order valence-corrected chi connectivity index (χ3v) is 8.11. The highest BCUT2D eigenvalue weighted by Gasteiger charge is 2.45. The number of aromatic nitrogens is 1. The van der Waals surface area contributed by atoms with Crippen LogP contribution < -0.4 is 5.32 Å². The van der Waals surface area contributed by atoms with Crippen molar-refractivity contribution < 1.29 is 19.5 Å². The lowest BCUT2D eigenvalue weighted by atomic mass is 10.0. The number of carbonyl (C=O) groups is 3. The lowest BCUT2D eigenvalue weighted by Crippen LogP contribution is -2.52. The fourth-order valence-corrected chi connectivity index (χ4v) is 6.56. The molecule has 3 fully saturated rings. The average Bonchev–Trinajstić information content (AvgIpc) is 3.41. The summed E-state index contributed by atoms with van der Waals surface area (Å²) in [5.41, 5.74) is 3.98. The monoisotopic (exact) mass is 474 g/mol. The van der Waals surface area contributed by atoms with Gasteiger partial charge in [-0.15, -0.1) is 0 Å². The molecule has 2 aromatic rings. The molecule has 3 aliphatic heterocycles. The number of amides is 3. The van der Waals surface area contributed by atoms with E-state index in [1.807, 2.05) is 31.3 Å². The third-order valence-electron chi connectivity index (χ3n) is 8.11. The van der Waals surface area contributed by atoms with Crippen LogP contribution in [-0.4, -0.2) is 62.3 Å². The highest BCUT2D eigenvalue weighted by molar-refractivity contribution is 6.05. The molecule has 2 N–H and O–H groups in total. The Bertz CT molecular complexity index is 1210. The van der Waals surface area contributed by atoms with E-state index in [0.29, 0.717) is 30.4 Å². The van der Waals surface area contributed by atoms with Gasteiger partial charge in [0, 0.05) is 49.9 Å². The quantitative estimate of drug-likeness (QED) is 0.658. The van der Waals surface area contributed by atoms with Crippen LogP contribution in [-0.2, 0) is 22.7 Å². The summed E-state index contributed by atoms with van der Waals surface area (Å²) >= 11 is 0. The number of nitrogens with zero attached hydrogens (tertiary/aromatic N) is 3. The van der Waals surface area contributed by atoms with Crippen LogP contribution in [0.15, 0.2) is 36.5 Å². The molecule has 182 valence electrons. The molecule has 2 unspecified atom stereocenters. The molecule has 1 saturated carbocycles. The summed E-state index contributed by atoms with van der Waals surface area (Å²) in [5, 5.41) is 12.7. The third kappa shape index (κ3) is 4.15. The molecule has 0 radical (unpaired) electrons. The minimum Gasteiger partial charge on any atom is -0.390 e. The van der Waals surface area contributed by atoms with E-state index in [9.17, 15) is 19.5 Å². The second kappa shape index (κ2) is 8.24. The number of imide groups is 1. The zero-order chi connectivity index (χ0) is 24.3. The Morgan fingerprint density at radius 3 is 2.63 bits per heavy atom. The Balaban J connectivity index is 1.16. The number of hydrogen-bond donors (Lipinski definition) is 2. The van der Waals surface area contributed by atoms with Gasteiger partial charge < -0.3 is 10.0 Å². The minimum absolute atomic E-state index is 0.165. The Hall–Kier alpha value is -3.10. The van der Waals surface area contributed by atoms with Gasteiger partial charge in [-0.25, -0.2) is 0 Å². The number of rotatable bonds is 4. The van der Waals surface area contributed by atoms with E-state index in [0.717, 1.165) is 49.3 Å². The lowest BCUT2D eigenvalue weighted by Gasteiger charge is -2.29. The number of fused-ring (bicyclic) bond motifs is 2. The van der Waals surface area contributed by atoms with Crippen molar-refractivity contribution in [2.75, 3.05) is 13.1 Å². The summed E-state index contributed by atoms with van der Waals surface area (Å²) in [4.78, 5) is 45.4. The predicted octanol–water partition coefficient (Wildman–Crippen LogP) is 2.10. The van der Waals surface area contributed by atoms with Crippen LogP contribution in [0.4, 0.5) is 0 Å². The summed E-state index contributed by atoms with van der Waals surface area (Å²) in [6, 6.07) is 9.28. The van der Waals surface area contributed by atoms with Gasteiger partial charge in [-0.05, 0) is 73.4 Å². The zero-order valence-electron chi connectivity index (χ0n) is 19.9. The van der Waals surface area contributed by atoms with Crippen molar-refractivity contribution in [3.05, 3.63) is 53.2 Å². The van der Waals surface area contributed by atoms with E-state index in [1.165, 1.54) is 5.56 Å². The van der Waals surface area contributed by atoms with Crippen LogP contribution in [0, 0.1) is 11.8 Å². The van der Waals surface area contributed by atoms with Crippen LogP contribution in [0.3, 0.4) is 0 Å². The molecular weight excluding hydrogens is 444 g/mol. The van der Waals surface area contributed by atoms with E-state index < -0.39 is 17.6 Å². The maximum Gasteiger partial charge on any atom is 0.255 e. The van der Waals surface area contributed by atoms with Crippen LogP contribution in [0.25, 0.3) is 11.3 Å². The average molecular weight is 475 g/mol. The molecule has 1 aromatic carbocycles. The fraction of sp³-hybridized carbons (Fsp3) is 0.481. The predicted molar refractivity (Wildman–Crippen MR) is 128 cm³/mol. The van der Waals surface area contributed by atoms with Crippen LogP contribution in [0.5, 0.6) is 0 Å². The fourth-order valence-electron chi connectivity index (χ4n) is 6.56. The Labute approximate surface area is 204 Å². The second-order valence-corrected chi connectivity index (χ2v) is 10.9. The van der Waals surface area contributed by atoms with Gasteiger partial charge in [0.2, 0.25) is 11.8 Å². The molecule has 8 heteroatoms. The first kappa shape index (κ1) is 22.4. The standard InChI is InChI=1S/C27H30N4O4/c1-27(35)10-19-13-30(14-20(19)11-27)12-16-6-7-28-22(8-16)17-2-3-21-18(9-17)15-31(26(21)34)23-4-5-24(32)29-25(23)33/h2-3,6-9,19-20,23,35H,4-5,10-15H2,1H3,(H,29,32,33)/t19?,20?,23-,27?/m1/s1. The number of aliphatic hydroxyl groups is 1. The molecule has 2 saturated heterocycles. The van der Waals surface area contributed by atoms with Crippen molar-refractivity contribution in [1.29, 1.82) is 0 Å². The van der Waals surface area contributed by atoms with Gasteiger partial charge in [0.05, 0.1) is 11.3 Å². The van der Waals surface area contributed by atoms with Gasteiger partial charge in [-0.3, -0.25) is 29.6 Å². The maximum absolute atomic E-state index is 13.0. The first-order valence-corrected chi connectivity index (χ1v) is 12.4. The highest BCUT2D eigenvalue weighted by atomic mass is 16.3. The molecule has 4 aliphatic rings. The molecule has 0 bridgehead atoms. The molecule has 35 heavy (non-hydrogen) atoms. The van der Waals surface area contributed by atoms with Crippen molar-refractivity contribution in [1.82, 2.24) is 20.1 Å². The van der Waals surface area contributed by atoms with Crippen LogP contribution >= 0.6 is 0 Å². The number of carbonyl (C=O) groups excluding carboxylic acids is 3. The van der Waals surface area contributed by atoms with Crippen molar-refractivity contribution in [2.45, 2.75) is 57.3 Å². The Morgan fingerprint density at radius 1 is 1.11 bits per heavy atom. The van der Waals surface area contributed by atoms with Crippen LogP contribution in [0.2, 0.25) is 0 Å². The van der Waals surface area contributed by atoms with Gasteiger partial charge in [0.25, 0.3) is 5.91 Å². The van der Waals surface area contributed by atoms with Gasteiger partial charge in [-0.1, -0.05) is 6.07 Å². The number of nitrogens with one attached hydrogen (secondary N) is 1. The molecule has 3 atom stereocenters. The van der Waals surface area contributed by atoms with E-state index >= 15 is 0 Å². The molecule has 3 amide bonds. The first-order valence-electron chi connectivity index (χ1n) is 12.4. The number of piperidine rings is 1. The molecule has 0 spiro atoms. The summed E-state index contributed by atoms with van der Waals surface area (Å²) < 4.78 is 0. The molecule has 4 heterocycles. The van der Waals surface area contributed by atoms with Gasteiger partial charge in [0.1, 0.15) is 6.04 Å². The normalized spacial score (nSPS) is 30.5. The van der Waals surface area contributed by atoms with Gasteiger partial charge >= 0.3 is 0 Å². The topological polar surface area (TPSA) is 103 Å². The van der Waals surface area contributed by atoms with Gasteiger partial charge in [0.15, 0.2) is 0 Å². The lowest BCUT2D eigenvalue weighted by molar-refractivity contribution is -0.136. The summed E-state index contributed by atoms with van der Waals surface area (Å²) in [5.74, 6) is 0.307. The first-order chi connectivity index (χ1) is 16.8. The number of likely N-dealkylation sites (tertiary alicyclic amines) is 1. The van der Waals surface area contributed by atoms with E-state index in [2.05, 4.69) is 27.3 Å². The molecule has 6 rings (SSSR count). The van der Waals surface area contributed by atoms with Crippen molar-refractivity contribution in [2.24, 2.45) is 11.8 Å². The second-order valence-electron chi connectivity index (χ2n) is 10.9. The van der Waals surface area contributed by atoms with Crippen molar-refractivity contribution >= 4 is 17.7 Å². The maximum atomic E-state index is 13.0. The molecule has 8 nitrogen and oxygen atoms in total.